The summed E-state index contributed by atoms with van der Waals surface area (Å²) in [6.45, 7) is 1.33. The first-order chi connectivity index (χ1) is 10.7. The van der Waals surface area contributed by atoms with Crippen LogP contribution in [0.25, 0.3) is 0 Å². The molecule has 0 amide bonds. The van der Waals surface area contributed by atoms with Crippen molar-refractivity contribution in [2.45, 2.75) is 37.2 Å². The molecular weight excluding hydrogens is 282 g/mol. The second-order valence-corrected chi connectivity index (χ2v) is 6.58. The number of fused-ring (bicyclic) bond motifs is 6. The maximum absolute atomic E-state index is 10.4. The van der Waals surface area contributed by atoms with Crippen LogP contribution in [0.4, 0.5) is 0 Å². The van der Waals surface area contributed by atoms with E-state index in [1.807, 2.05) is 6.07 Å². The first-order valence-corrected chi connectivity index (χ1v) is 7.88. The summed E-state index contributed by atoms with van der Waals surface area (Å²) in [6, 6.07) is 4.30. The Morgan fingerprint density at radius 2 is 1.95 bits per heavy atom. The predicted molar refractivity (Wildman–Crippen MR) is 78.9 cm³/mol. The molecule has 1 aliphatic carbocycles. The highest BCUT2D eigenvalue weighted by Crippen LogP contribution is 2.50. The third-order valence-corrected chi connectivity index (χ3v) is 5.47. The molecule has 4 aliphatic rings. The van der Waals surface area contributed by atoms with Gasteiger partial charge in [-0.15, -0.1) is 0 Å². The van der Waals surface area contributed by atoms with E-state index >= 15 is 0 Å². The Kier molecular flexibility index (Phi) is 2.63. The maximum Gasteiger partial charge on any atom is 0.231 e. The fourth-order valence-corrected chi connectivity index (χ4v) is 4.45. The van der Waals surface area contributed by atoms with Crippen molar-refractivity contribution in [2.75, 3.05) is 20.4 Å². The molecule has 4 unspecified atom stereocenters. The van der Waals surface area contributed by atoms with E-state index in [-0.39, 0.29) is 18.8 Å². The number of aliphatic hydroxyl groups excluding tert-OH is 1. The molecular formula is C17H19NO4. The van der Waals surface area contributed by atoms with Gasteiger partial charge in [-0.25, -0.2) is 0 Å². The van der Waals surface area contributed by atoms with Gasteiger partial charge in [-0.05, 0) is 37.6 Å². The minimum atomic E-state index is -0.882. The molecule has 1 N–H and O–H groups in total. The lowest BCUT2D eigenvalue weighted by molar-refractivity contribution is -0.162. The molecule has 0 aromatic heterocycles. The molecule has 1 fully saturated rings. The molecule has 3 aliphatic heterocycles. The Hall–Kier alpha value is -1.56. The highest BCUT2D eigenvalue weighted by Gasteiger charge is 2.46. The summed E-state index contributed by atoms with van der Waals surface area (Å²) in [4.78, 5) is 2.40. The van der Waals surface area contributed by atoms with Gasteiger partial charge >= 0.3 is 0 Å². The van der Waals surface area contributed by atoms with E-state index in [4.69, 9.17) is 14.2 Å². The van der Waals surface area contributed by atoms with Gasteiger partial charge in [-0.3, -0.25) is 4.90 Å². The monoisotopic (exact) mass is 301 g/mol. The highest BCUT2D eigenvalue weighted by molar-refractivity contribution is 5.52. The number of benzene rings is 1. The van der Waals surface area contributed by atoms with Crippen LogP contribution in [0.2, 0.25) is 0 Å². The van der Waals surface area contributed by atoms with Gasteiger partial charge in [0.1, 0.15) is 0 Å². The zero-order chi connectivity index (χ0) is 14.8. The fourth-order valence-electron chi connectivity index (χ4n) is 4.45. The van der Waals surface area contributed by atoms with E-state index < -0.39 is 6.29 Å². The summed E-state index contributed by atoms with van der Waals surface area (Å²) in [5.41, 5.74) is 3.48. The van der Waals surface area contributed by atoms with Gasteiger partial charge in [-0.1, -0.05) is 11.6 Å². The molecule has 0 bridgehead atoms. The van der Waals surface area contributed by atoms with Gasteiger partial charge in [0.05, 0.1) is 6.10 Å². The summed E-state index contributed by atoms with van der Waals surface area (Å²) >= 11 is 0. The molecule has 0 radical (unpaired) electrons. The van der Waals surface area contributed by atoms with Gasteiger partial charge < -0.3 is 19.3 Å². The standard InChI is InChI=1S/C17H19NO4/c1-18-5-4-9-2-3-12-15(16(9)18)10-6-13-14(21-8-20-13)7-11(10)17(19)22-12/h2,6-7,12,15-17,19H,3-5,8H2,1H3. The van der Waals surface area contributed by atoms with Crippen LogP contribution in [0.3, 0.4) is 0 Å². The fraction of sp³-hybridized carbons (Fsp3) is 0.529. The minimum absolute atomic E-state index is 0.0252. The van der Waals surface area contributed by atoms with Crippen molar-refractivity contribution in [2.24, 2.45) is 0 Å². The zero-order valence-electron chi connectivity index (χ0n) is 12.5. The number of hydrogen-bond donors (Lipinski definition) is 1. The van der Waals surface area contributed by atoms with Crippen LogP contribution in [-0.4, -0.2) is 42.5 Å². The SMILES string of the molecule is CN1CCC2=CCC3OC(O)c4cc5c(cc4C3C21)OCO5. The number of ether oxygens (including phenoxy) is 3. The third-order valence-electron chi connectivity index (χ3n) is 5.47. The Balaban J connectivity index is 1.67. The smallest absolute Gasteiger partial charge is 0.231 e. The molecule has 5 nitrogen and oxygen atoms in total. The lowest BCUT2D eigenvalue weighted by Crippen LogP contribution is -2.44. The molecule has 0 saturated carbocycles. The van der Waals surface area contributed by atoms with E-state index in [0.717, 1.165) is 36.3 Å². The Morgan fingerprint density at radius 1 is 1.18 bits per heavy atom. The van der Waals surface area contributed by atoms with Crippen LogP contribution in [0.5, 0.6) is 11.5 Å². The van der Waals surface area contributed by atoms with Crippen molar-refractivity contribution in [1.82, 2.24) is 4.90 Å². The van der Waals surface area contributed by atoms with Gasteiger partial charge in [-0.2, -0.15) is 0 Å². The van der Waals surface area contributed by atoms with Crippen LogP contribution in [0.1, 0.15) is 36.2 Å². The zero-order valence-corrected chi connectivity index (χ0v) is 12.5. The van der Waals surface area contributed by atoms with Crippen LogP contribution >= 0.6 is 0 Å². The van der Waals surface area contributed by atoms with Crippen molar-refractivity contribution in [3.63, 3.8) is 0 Å². The predicted octanol–water partition coefficient (Wildman–Crippen LogP) is 1.92. The first-order valence-electron chi connectivity index (χ1n) is 7.88. The molecule has 3 heterocycles. The van der Waals surface area contributed by atoms with Gasteiger partial charge in [0.15, 0.2) is 17.8 Å². The quantitative estimate of drug-likeness (QED) is 0.742. The molecule has 1 aromatic carbocycles. The van der Waals surface area contributed by atoms with Crippen molar-refractivity contribution < 1.29 is 19.3 Å². The van der Waals surface area contributed by atoms with E-state index in [0.29, 0.717) is 11.8 Å². The molecule has 22 heavy (non-hydrogen) atoms. The molecule has 4 atom stereocenters. The number of hydrogen-bond acceptors (Lipinski definition) is 5. The Labute approximate surface area is 129 Å². The maximum atomic E-state index is 10.4. The van der Waals surface area contributed by atoms with Gasteiger partial charge in [0.25, 0.3) is 0 Å². The lowest BCUT2D eigenvalue weighted by atomic mass is 9.74. The number of likely N-dealkylation sites (N-methyl/N-ethyl adjacent to an activating group) is 1. The van der Waals surface area contributed by atoms with Crippen LogP contribution in [-0.2, 0) is 4.74 Å². The number of aliphatic hydroxyl groups is 1. The second kappa shape index (κ2) is 4.47. The van der Waals surface area contributed by atoms with E-state index in [1.54, 1.807) is 0 Å². The highest BCUT2D eigenvalue weighted by atomic mass is 16.7. The summed E-state index contributed by atoms with van der Waals surface area (Å²) in [6.07, 6.45) is 3.45. The summed E-state index contributed by atoms with van der Waals surface area (Å²) < 4.78 is 16.9. The molecule has 0 spiro atoms. The van der Waals surface area contributed by atoms with E-state index in [1.165, 1.54) is 5.57 Å². The molecule has 5 heteroatoms. The topological polar surface area (TPSA) is 51.2 Å². The minimum Gasteiger partial charge on any atom is -0.454 e. The first kappa shape index (κ1) is 12.9. The van der Waals surface area contributed by atoms with E-state index in [2.05, 4.69) is 24.1 Å². The summed E-state index contributed by atoms with van der Waals surface area (Å²) in [5, 5.41) is 10.4. The third kappa shape index (κ3) is 1.64. The summed E-state index contributed by atoms with van der Waals surface area (Å²) in [5.74, 6) is 1.73. The average Bonchev–Trinajstić information content (AvgIpc) is 3.12. The number of likely N-dealkylation sites (tertiary alicyclic amines) is 1. The van der Waals surface area contributed by atoms with E-state index in [9.17, 15) is 5.11 Å². The van der Waals surface area contributed by atoms with Crippen molar-refractivity contribution in [3.05, 3.63) is 34.9 Å². The van der Waals surface area contributed by atoms with Crippen molar-refractivity contribution in [1.29, 1.82) is 0 Å². The van der Waals surface area contributed by atoms with Gasteiger partial charge in [0.2, 0.25) is 6.79 Å². The molecule has 5 rings (SSSR count). The lowest BCUT2D eigenvalue weighted by Gasteiger charge is -2.44. The molecule has 1 saturated heterocycles. The molecule has 1 aromatic rings. The molecule has 116 valence electrons. The van der Waals surface area contributed by atoms with Crippen molar-refractivity contribution >= 4 is 0 Å². The van der Waals surface area contributed by atoms with Crippen molar-refractivity contribution in [3.8, 4) is 11.5 Å². The van der Waals surface area contributed by atoms with Gasteiger partial charge in [0, 0.05) is 24.1 Å². The Bertz CT molecular complexity index is 671. The largest absolute Gasteiger partial charge is 0.454 e. The normalized spacial score (nSPS) is 35.6. The average molecular weight is 301 g/mol. The number of rotatable bonds is 0. The number of nitrogens with zero attached hydrogens (tertiary/aromatic N) is 1. The summed E-state index contributed by atoms with van der Waals surface area (Å²) in [7, 11) is 2.17. The van der Waals surface area contributed by atoms with Crippen LogP contribution in [0.15, 0.2) is 23.8 Å². The van der Waals surface area contributed by atoms with Crippen LogP contribution < -0.4 is 9.47 Å². The second-order valence-electron chi connectivity index (χ2n) is 6.58. The Morgan fingerprint density at radius 3 is 2.77 bits per heavy atom. The van der Waals surface area contributed by atoms with Crippen LogP contribution in [0, 0.1) is 0 Å².